The van der Waals surface area contributed by atoms with E-state index in [1.165, 1.54) is 10.5 Å². The molecule has 0 atom stereocenters. The molecule has 0 aliphatic carbocycles. The maximum atomic E-state index is 12.5. The highest BCUT2D eigenvalue weighted by atomic mass is 16.5. The molecule has 1 aliphatic heterocycles. The van der Waals surface area contributed by atoms with E-state index in [2.05, 4.69) is 29.6 Å². The lowest BCUT2D eigenvalue weighted by molar-refractivity contribution is -0.898. The van der Waals surface area contributed by atoms with Crippen LogP contribution in [0.1, 0.15) is 5.56 Å². The number of amides is 2. The maximum absolute atomic E-state index is 12.5. The number of rotatable bonds is 6. The first-order valence-corrected chi connectivity index (χ1v) is 9.52. The van der Waals surface area contributed by atoms with Crippen LogP contribution < -0.4 is 19.7 Å². The zero-order chi connectivity index (χ0) is 19.8. The summed E-state index contributed by atoms with van der Waals surface area (Å²) in [5.74, 6) is 1.24. The molecule has 1 heterocycles. The minimum absolute atomic E-state index is 0.0777. The molecule has 0 aromatic heterocycles. The average Bonchev–Trinajstić information content (AvgIpc) is 2.75. The lowest BCUT2D eigenvalue weighted by Gasteiger charge is -2.31. The van der Waals surface area contributed by atoms with Crippen molar-refractivity contribution in [1.29, 1.82) is 0 Å². The Hall–Kier alpha value is -2.99. The third-order valence-electron chi connectivity index (χ3n) is 4.91. The topological polar surface area (TPSA) is 55.2 Å². The van der Waals surface area contributed by atoms with Gasteiger partial charge in [-0.3, -0.25) is 0 Å². The second-order valence-electron chi connectivity index (χ2n) is 6.75. The van der Waals surface area contributed by atoms with Crippen molar-refractivity contribution in [3.63, 3.8) is 0 Å². The Labute approximate surface area is 166 Å². The molecule has 6 nitrogen and oxygen atoms in total. The summed E-state index contributed by atoms with van der Waals surface area (Å²) < 4.78 is 10.5. The Morgan fingerprint density at radius 3 is 2.46 bits per heavy atom. The van der Waals surface area contributed by atoms with Gasteiger partial charge in [-0.05, 0) is 23.8 Å². The van der Waals surface area contributed by atoms with Gasteiger partial charge in [0.15, 0.2) is 11.5 Å². The van der Waals surface area contributed by atoms with Gasteiger partial charge in [-0.2, -0.15) is 0 Å². The highest BCUT2D eigenvalue weighted by Crippen LogP contribution is 2.29. The minimum Gasteiger partial charge on any atom is -0.493 e. The fourth-order valence-corrected chi connectivity index (χ4v) is 3.27. The first kappa shape index (κ1) is 19.8. The summed E-state index contributed by atoms with van der Waals surface area (Å²) in [6.45, 7) is 4.35. The Morgan fingerprint density at radius 1 is 1.07 bits per heavy atom. The molecule has 3 rings (SSSR count). The lowest BCUT2D eigenvalue weighted by Crippen LogP contribution is -3.14. The van der Waals surface area contributed by atoms with E-state index in [1.807, 2.05) is 29.2 Å². The summed E-state index contributed by atoms with van der Waals surface area (Å²) in [4.78, 5) is 15.9. The zero-order valence-electron chi connectivity index (χ0n) is 16.5. The van der Waals surface area contributed by atoms with Crippen LogP contribution in [0.15, 0.2) is 54.6 Å². The normalized spacial score (nSPS) is 14.9. The molecular formula is C22H28N3O3+. The highest BCUT2D eigenvalue weighted by Gasteiger charge is 2.23. The number of ether oxygens (including phenoxy) is 2. The molecule has 1 saturated heterocycles. The number of methoxy groups -OCH3 is 2. The van der Waals surface area contributed by atoms with Crippen LogP contribution in [0.5, 0.6) is 11.5 Å². The van der Waals surface area contributed by atoms with Crippen LogP contribution in [0, 0.1) is 0 Å². The van der Waals surface area contributed by atoms with Crippen molar-refractivity contribution < 1.29 is 19.2 Å². The number of piperazine rings is 1. The fraction of sp³-hybridized carbons (Fsp3) is 0.318. The number of carbonyl (C=O) groups is 1. The van der Waals surface area contributed by atoms with E-state index in [0.29, 0.717) is 17.2 Å². The standard InChI is InChI=1S/C22H27N3O3/c1-27-20-11-10-19(17-21(20)28-2)23-22(26)25-15-13-24(14-16-25)12-6-9-18-7-4-3-5-8-18/h3-11,17H,12-16H2,1-2H3,(H,23,26)/p+1/b9-6+. The van der Waals surface area contributed by atoms with E-state index in [0.717, 1.165) is 32.7 Å². The lowest BCUT2D eigenvalue weighted by atomic mass is 10.2. The average molecular weight is 382 g/mol. The number of anilines is 1. The zero-order valence-corrected chi connectivity index (χ0v) is 16.5. The van der Waals surface area contributed by atoms with Gasteiger partial charge in [-0.1, -0.05) is 36.4 Å². The Bertz CT molecular complexity index is 800. The van der Waals surface area contributed by atoms with Gasteiger partial charge in [0.1, 0.15) is 0 Å². The Morgan fingerprint density at radius 2 is 1.79 bits per heavy atom. The van der Waals surface area contributed by atoms with E-state index < -0.39 is 0 Å². The summed E-state index contributed by atoms with van der Waals surface area (Å²) in [5, 5.41) is 2.95. The summed E-state index contributed by atoms with van der Waals surface area (Å²) in [6, 6.07) is 15.6. The molecule has 2 aromatic carbocycles. The summed E-state index contributed by atoms with van der Waals surface area (Å²) in [6.07, 6.45) is 4.37. The van der Waals surface area contributed by atoms with Crippen molar-refractivity contribution in [1.82, 2.24) is 4.90 Å². The quantitative estimate of drug-likeness (QED) is 0.805. The van der Waals surface area contributed by atoms with Crippen LogP contribution in [0.4, 0.5) is 10.5 Å². The smallest absolute Gasteiger partial charge is 0.322 e. The highest BCUT2D eigenvalue weighted by molar-refractivity contribution is 5.89. The minimum atomic E-state index is -0.0777. The molecule has 0 unspecified atom stereocenters. The number of nitrogens with zero attached hydrogens (tertiary/aromatic N) is 1. The van der Waals surface area contributed by atoms with Crippen LogP contribution in [0.2, 0.25) is 0 Å². The van der Waals surface area contributed by atoms with Gasteiger partial charge in [0, 0.05) is 11.8 Å². The second kappa shape index (κ2) is 9.80. The van der Waals surface area contributed by atoms with E-state index in [4.69, 9.17) is 9.47 Å². The number of urea groups is 1. The van der Waals surface area contributed by atoms with Gasteiger partial charge in [0.05, 0.1) is 46.9 Å². The number of hydrogen-bond donors (Lipinski definition) is 2. The molecule has 28 heavy (non-hydrogen) atoms. The van der Waals surface area contributed by atoms with E-state index >= 15 is 0 Å². The molecule has 0 saturated carbocycles. The molecule has 0 spiro atoms. The van der Waals surface area contributed by atoms with Crippen LogP contribution >= 0.6 is 0 Å². The number of quaternary nitrogens is 1. The SMILES string of the molecule is COc1ccc(NC(=O)N2CC[NH+](C/C=C/c3ccccc3)CC2)cc1OC. The van der Waals surface area contributed by atoms with Crippen LogP contribution in [0.25, 0.3) is 6.08 Å². The molecule has 6 heteroatoms. The van der Waals surface area contributed by atoms with Crippen molar-refractivity contribution in [2.75, 3.05) is 52.3 Å². The summed E-state index contributed by atoms with van der Waals surface area (Å²) >= 11 is 0. The van der Waals surface area contributed by atoms with Crippen molar-refractivity contribution in [2.24, 2.45) is 0 Å². The predicted octanol–water partition coefficient (Wildman–Crippen LogP) is 2.15. The summed E-state index contributed by atoms with van der Waals surface area (Å²) in [5.41, 5.74) is 1.91. The molecule has 2 N–H and O–H groups in total. The number of hydrogen-bond acceptors (Lipinski definition) is 3. The van der Waals surface area contributed by atoms with Crippen LogP contribution in [-0.4, -0.2) is 57.9 Å². The molecule has 2 amide bonds. The Kier molecular flexibility index (Phi) is 6.92. The van der Waals surface area contributed by atoms with Crippen LogP contribution in [0.3, 0.4) is 0 Å². The van der Waals surface area contributed by atoms with Crippen molar-refractivity contribution in [2.45, 2.75) is 0 Å². The van der Waals surface area contributed by atoms with Gasteiger partial charge in [-0.25, -0.2) is 4.79 Å². The van der Waals surface area contributed by atoms with Crippen LogP contribution in [-0.2, 0) is 0 Å². The molecule has 148 valence electrons. The first-order valence-electron chi connectivity index (χ1n) is 9.52. The van der Waals surface area contributed by atoms with E-state index in [1.54, 1.807) is 26.4 Å². The summed E-state index contributed by atoms with van der Waals surface area (Å²) in [7, 11) is 3.17. The van der Waals surface area contributed by atoms with Crippen molar-refractivity contribution >= 4 is 17.8 Å². The molecule has 0 radical (unpaired) electrons. The number of carbonyl (C=O) groups excluding carboxylic acids is 1. The second-order valence-corrected chi connectivity index (χ2v) is 6.75. The predicted molar refractivity (Wildman–Crippen MR) is 111 cm³/mol. The van der Waals surface area contributed by atoms with Crippen molar-refractivity contribution in [3.8, 4) is 11.5 Å². The molecule has 1 aliphatic rings. The van der Waals surface area contributed by atoms with Gasteiger partial charge in [0.25, 0.3) is 0 Å². The largest absolute Gasteiger partial charge is 0.493 e. The van der Waals surface area contributed by atoms with E-state index in [9.17, 15) is 4.79 Å². The maximum Gasteiger partial charge on any atom is 0.322 e. The monoisotopic (exact) mass is 382 g/mol. The molecule has 0 bridgehead atoms. The van der Waals surface area contributed by atoms with Gasteiger partial charge >= 0.3 is 6.03 Å². The third-order valence-corrected chi connectivity index (χ3v) is 4.91. The van der Waals surface area contributed by atoms with Gasteiger partial charge in [-0.15, -0.1) is 0 Å². The van der Waals surface area contributed by atoms with Gasteiger partial charge < -0.3 is 24.6 Å². The first-order chi connectivity index (χ1) is 13.7. The van der Waals surface area contributed by atoms with Crippen molar-refractivity contribution in [3.05, 3.63) is 60.2 Å². The molecule has 2 aromatic rings. The molecular weight excluding hydrogens is 354 g/mol. The molecule has 1 fully saturated rings. The Balaban J connectivity index is 1.46. The van der Waals surface area contributed by atoms with Gasteiger partial charge in [0.2, 0.25) is 0 Å². The third kappa shape index (κ3) is 5.27. The number of benzene rings is 2. The fourth-order valence-electron chi connectivity index (χ4n) is 3.27. The van der Waals surface area contributed by atoms with E-state index in [-0.39, 0.29) is 6.03 Å². The number of nitrogens with one attached hydrogen (secondary N) is 2.